The molecular weight excluding hydrogens is 404 g/mol. The minimum atomic E-state index is -1.87. The van der Waals surface area contributed by atoms with Crippen LogP contribution in [0.25, 0.3) is 4.98 Å². The van der Waals surface area contributed by atoms with Crippen LogP contribution in [0, 0.1) is 41.0 Å². The van der Waals surface area contributed by atoms with Crippen LogP contribution in [-0.4, -0.2) is 20.0 Å². The van der Waals surface area contributed by atoms with Gasteiger partial charge in [-0.3, -0.25) is 0 Å². The fourth-order valence-electron chi connectivity index (χ4n) is 6.36. The maximum absolute atomic E-state index is 5.39. The van der Waals surface area contributed by atoms with Gasteiger partial charge in [-0.15, -0.1) is 5.54 Å². The van der Waals surface area contributed by atoms with Crippen LogP contribution >= 0.6 is 0 Å². The molecule has 162 valence electrons. The van der Waals surface area contributed by atoms with Crippen molar-refractivity contribution in [2.24, 2.45) is 11.8 Å². The fraction of sp³-hybridized carbons (Fsp3) is 0.640. The third-order valence-corrected chi connectivity index (χ3v) is 9.69. The molecule has 2 nitrogen and oxygen atoms in total. The van der Waals surface area contributed by atoms with Gasteiger partial charge in [0.05, 0.1) is 0 Å². The van der Waals surface area contributed by atoms with Crippen LogP contribution in [0.3, 0.4) is 0 Å². The molecule has 4 atom stereocenters. The van der Waals surface area contributed by atoms with E-state index in [-0.39, 0.29) is 49.5 Å². The summed E-state index contributed by atoms with van der Waals surface area (Å²) >= 11 is 0. The Kier molecular flexibility index (Phi) is 9.99. The third-order valence-electron chi connectivity index (χ3n) is 6.72. The SMILES string of the molecule is Cc1ccc2c(c1)C1C3CCCCC3CC1N2[Si](C)(C)[N-]C(C)(C)C.[CH3-].[CH3-].[CH3-].[Ti+4]. The molecule has 3 aliphatic rings. The predicted molar refractivity (Wildman–Crippen MR) is 130 cm³/mol. The van der Waals surface area contributed by atoms with E-state index >= 15 is 0 Å². The first-order valence-corrected chi connectivity index (χ1v) is 13.2. The summed E-state index contributed by atoms with van der Waals surface area (Å²) in [6.45, 7) is 14.0. The number of anilines is 1. The molecular formula is C25H44N2SiTi. The van der Waals surface area contributed by atoms with E-state index in [1.54, 1.807) is 5.56 Å². The third kappa shape index (κ3) is 5.22. The molecule has 29 heavy (non-hydrogen) atoms. The van der Waals surface area contributed by atoms with Crippen LogP contribution in [-0.2, 0) is 21.7 Å². The second kappa shape index (κ2) is 10.0. The zero-order valence-corrected chi connectivity index (χ0v) is 23.0. The van der Waals surface area contributed by atoms with E-state index in [2.05, 4.69) is 63.6 Å². The Morgan fingerprint density at radius 3 is 2.28 bits per heavy atom. The first-order valence-electron chi connectivity index (χ1n) is 10.3. The number of aryl methyl sites for hydroxylation is 1. The molecule has 0 amide bonds. The summed E-state index contributed by atoms with van der Waals surface area (Å²) in [5.74, 6) is 2.64. The van der Waals surface area contributed by atoms with Crippen molar-refractivity contribution in [3.05, 3.63) is 56.6 Å². The molecule has 0 N–H and O–H groups in total. The molecule has 4 rings (SSSR count). The van der Waals surface area contributed by atoms with Gasteiger partial charge >= 0.3 is 21.7 Å². The monoisotopic (exact) mass is 448 g/mol. The Labute approximate surface area is 198 Å². The van der Waals surface area contributed by atoms with Crippen molar-refractivity contribution in [2.45, 2.75) is 90.4 Å². The summed E-state index contributed by atoms with van der Waals surface area (Å²) in [4.78, 5) is 5.39. The number of benzene rings is 1. The number of hydrogen-bond acceptors (Lipinski definition) is 1. The molecule has 0 saturated heterocycles. The normalized spacial score (nSPS) is 27.3. The Morgan fingerprint density at radius 2 is 1.66 bits per heavy atom. The Hall–Kier alpha value is -0.0888. The van der Waals surface area contributed by atoms with Gasteiger partial charge in [-0.25, -0.2) is 0 Å². The maximum Gasteiger partial charge on any atom is 4.00 e. The molecule has 1 aromatic rings. The summed E-state index contributed by atoms with van der Waals surface area (Å²) in [7, 11) is -1.87. The van der Waals surface area contributed by atoms with Crippen molar-refractivity contribution in [3.8, 4) is 0 Å². The molecule has 1 heterocycles. The van der Waals surface area contributed by atoms with E-state index in [4.69, 9.17) is 4.98 Å². The average molecular weight is 449 g/mol. The number of hydrogen-bond donors (Lipinski definition) is 0. The topological polar surface area (TPSA) is 17.3 Å². The predicted octanol–water partition coefficient (Wildman–Crippen LogP) is 7.70. The molecule has 0 radical (unpaired) electrons. The Bertz CT molecular complexity index is 667. The molecule has 0 aromatic heterocycles. The summed E-state index contributed by atoms with van der Waals surface area (Å²) < 4.78 is 2.84. The molecule has 4 unspecified atom stereocenters. The standard InChI is InChI=1S/C22H35N2Si.3CH3.Ti/c1-15-11-12-19-18(13-15)21-17-10-8-7-9-16(17)14-20(21)24(19)25(5,6)23-22(2,3)4;;;;/h11-13,16-17,20-21H,7-10,14H2,1-6H3;3*1H3;/q4*-1;+4. The minimum absolute atomic E-state index is 0. The molecule has 4 heteroatoms. The van der Waals surface area contributed by atoms with E-state index in [0.29, 0.717) is 6.04 Å². The van der Waals surface area contributed by atoms with E-state index in [9.17, 15) is 0 Å². The summed E-state index contributed by atoms with van der Waals surface area (Å²) in [6.07, 6.45) is 7.21. The Morgan fingerprint density at radius 1 is 1.03 bits per heavy atom. The second-order valence-corrected chi connectivity index (χ2v) is 13.9. The number of fused-ring (bicyclic) bond motifs is 5. The summed E-state index contributed by atoms with van der Waals surface area (Å²) in [5, 5.41) is 0. The van der Waals surface area contributed by atoms with Gasteiger partial charge in [-0.05, 0) is 43.2 Å². The van der Waals surface area contributed by atoms with Crippen molar-refractivity contribution in [3.63, 3.8) is 0 Å². The molecule has 0 bridgehead atoms. The van der Waals surface area contributed by atoms with Crippen molar-refractivity contribution < 1.29 is 21.7 Å². The summed E-state index contributed by atoms with van der Waals surface area (Å²) in [6, 6.07) is 7.93. The average Bonchev–Trinajstić information content (AvgIpc) is 2.98. The largest absolute Gasteiger partial charge is 4.00 e. The van der Waals surface area contributed by atoms with Crippen molar-refractivity contribution in [2.75, 3.05) is 4.57 Å². The van der Waals surface area contributed by atoms with Crippen LogP contribution in [0.5, 0.6) is 0 Å². The molecule has 0 spiro atoms. The molecule has 1 aromatic carbocycles. The van der Waals surface area contributed by atoms with Gasteiger partial charge < -0.3 is 31.8 Å². The molecule has 2 saturated carbocycles. The van der Waals surface area contributed by atoms with Crippen LogP contribution in [0.2, 0.25) is 13.1 Å². The number of nitrogens with zero attached hydrogens (tertiary/aromatic N) is 2. The first-order chi connectivity index (χ1) is 11.7. The van der Waals surface area contributed by atoms with Gasteiger partial charge in [-0.2, -0.15) is 0 Å². The van der Waals surface area contributed by atoms with Crippen molar-refractivity contribution in [1.29, 1.82) is 0 Å². The second-order valence-electron chi connectivity index (χ2n) is 10.2. The number of rotatable bonds is 2. The van der Waals surface area contributed by atoms with E-state index in [0.717, 1.165) is 17.8 Å². The van der Waals surface area contributed by atoms with Gasteiger partial charge in [0.2, 0.25) is 0 Å². The van der Waals surface area contributed by atoms with Crippen LogP contribution in [0.1, 0.15) is 69.9 Å². The van der Waals surface area contributed by atoms with Crippen LogP contribution in [0.4, 0.5) is 5.69 Å². The zero-order chi connectivity index (χ0) is 18.0. The molecule has 2 aliphatic carbocycles. The minimum Gasteiger partial charge on any atom is -0.643 e. The maximum atomic E-state index is 5.39. The van der Waals surface area contributed by atoms with E-state index < -0.39 is 8.40 Å². The Balaban J connectivity index is 0.00000196. The quantitative estimate of drug-likeness (QED) is 0.335. The van der Waals surface area contributed by atoms with Crippen molar-refractivity contribution in [1.82, 2.24) is 0 Å². The van der Waals surface area contributed by atoms with Crippen molar-refractivity contribution >= 4 is 14.1 Å². The molecule has 1 aliphatic heterocycles. The van der Waals surface area contributed by atoms with Crippen LogP contribution < -0.4 is 4.57 Å². The molecule has 2 fully saturated rings. The smallest absolute Gasteiger partial charge is 0.643 e. The van der Waals surface area contributed by atoms with Gasteiger partial charge in [0, 0.05) is 26.0 Å². The van der Waals surface area contributed by atoms with Gasteiger partial charge in [0.15, 0.2) is 0 Å². The van der Waals surface area contributed by atoms with E-state index in [1.807, 2.05) is 0 Å². The van der Waals surface area contributed by atoms with Crippen LogP contribution in [0.15, 0.2) is 18.2 Å². The van der Waals surface area contributed by atoms with Gasteiger partial charge in [0.1, 0.15) is 0 Å². The zero-order valence-electron chi connectivity index (χ0n) is 20.5. The summed E-state index contributed by atoms with van der Waals surface area (Å²) in [5.41, 5.74) is 4.65. The fourth-order valence-corrected chi connectivity index (χ4v) is 9.98. The first kappa shape index (κ1) is 28.9. The van der Waals surface area contributed by atoms with Gasteiger partial charge in [0.25, 0.3) is 0 Å². The van der Waals surface area contributed by atoms with E-state index in [1.165, 1.54) is 43.4 Å². The van der Waals surface area contributed by atoms with Gasteiger partial charge in [-0.1, -0.05) is 70.8 Å².